The highest BCUT2D eigenvalue weighted by Gasteiger charge is 2.29. The maximum Gasteiger partial charge on any atom is 0.281 e. The molecule has 1 amide bonds. The van der Waals surface area contributed by atoms with Crippen molar-refractivity contribution in [1.82, 2.24) is 13.9 Å². The van der Waals surface area contributed by atoms with Crippen molar-refractivity contribution in [2.24, 2.45) is 0 Å². The highest BCUT2D eigenvalue weighted by molar-refractivity contribution is 7.86. The van der Waals surface area contributed by atoms with Gasteiger partial charge in [0.05, 0.1) is 0 Å². The first-order valence-corrected chi connectivity index (χ1v) is 6.68. The molecule has 6 nitrogen and oxygen atoms in total. The van der Waals surface area contributed by atoms with E-state index in [1.807, 2.05) is 0 Å². The second-order valence-electron chi connectivity index (χ2n) is 4.16. The van der Waals surface area contributed by atoms with E-state index in [0.29, 0.717) is 25.9 Å². The summed E-state index contributed by atoms with van der Waals surface area (Å²) >= 11 is 0. The number of hydrogen-bond donors (Lipinski definition) is 1. The molecule has 0 aromatic heterocycles. The van der Waals surface area contributed by atoms with Crippen LogP contribution in [0.25, 0.3) is 0 Å². The first-order chi connectivity index (χ1) is 7.34. The molecule has 1 fully saturated rings. The van der Waals surface area contributed by atoms with Gasteiger partial charge in [0, 0.05) is 40.2 Å². The second kappa shape index (κ2) is 5.11. The summed E-state index contributed by atoms with van der Waals surface area (Å²) in [6.07, 6.45) is 1.35. The van der Waals surface area contributed by atoms with Crippen LogP contribution in [-0.2, 0) is 15.0 Å². The molecule has 0 radical (unpaired) electrons. The molecule has 1 aliphatic heterocycles. The summed E-state index contributed by atoms with van der Waals surface area (Å²) in [6, 6.07) is 0.103. The Labute approximate surface area is 96.8 Å². The highest BCUT2D eigenvalue weighted by Crippen LogP contribution is 2.15. The molecular formula is C9H19N3O3S. The minimum absolute atomic E-state index is 0.0612. The molecule has 1 N–H and O–H groups in total. The number of rotatable bonds is 3. The van der Waals surface area contributed by atoms with Crippen LogP contribution < -0.4 is 5.32 Å². The van der Waals surface area contributed by atoms with Gasteiger partial charge in [-0.2, -0.15) is 17.0 Å². The summed E-state index contributed by atoms with van der Waals surface area (Å²) in [6.45, 7) is 2.40. The standard InChI is InChI=1S/C9H19N3O3S/c1-8(13)10-9-4-6-12(7-5-9)16(14,15)11(2)3/h9H,4-7H2,1-3H3,(H,10,13). The lowest BCUT2D eigenvalue weighted by Crippen LogP contribution is -2.49. The molecule has 0 aliphatic carbocycles. The van der Waals surface area contributed by atoms with Gasteiger partial charge in [0.25, 0.3) is 10.2 Å². The van der Waals surface area contributed by atoms with E-state index in [2.05, 4.69) is 5.32 Å². The Hall–Kier alpha value is -0.660. The van der Waals surface area contributed by atoms with Gasteiger partial charge in [0.1, 0.15) is 0 Å². The predicted molar refractivity (Wildman–Crippen MR) is 61.0 cm³/mol. The van der Waals surface area contributed by atoms with Gasteiger partial charge in [0.2, 0.25) is 5.91 Å². The van der Waals surface area contributed by atoms with Crippen molar-refractivity contribution >= 4 is 16.1 Å². The summed E-state index contributed by atoms with van der Waals surface area (Å²) in [7, 11) is -0.252. The second-order valence-corrected chi connectivity index (χ2v) is 6.31. The third-order valence-electron chi connectivity index (χ3n) is 2.65. The number of piperidine rings is 1. The Morgan fingerprint density at radius 2 is 1.81 bits per heavy atom. The monoisotopic (exact) mass is 249 g/mol. The third-order valence-corrected chi connectivity index (χ3v) is 4.59. The minimum Gasteiger partial charge on any atom is -0.354 e. The van der Waals surface area contributed by atoms with E-state index in [9.17, 15) is 13.2 Å². The van der Waals surface area contributed by atoms with Crippen molar-refractivity contribution in [2.75, 3.05) is 27.2 Å². The van der Waals surface area contributed by atoms with Gasteiger partial charge < -0.3 is 5.32 Å². The van der Waals surface area contributed by atoms with Crippen molar-refractivity contribution in [2.45, 2.75) is 25.8 Å². The van der Waals surface area contributed by atoms with Gasteiger partial charge in [-0.1, -0.05) is 0 Å². The quantitative estimate of drug-likeness (QED) is 0.725. The molecule has 1 aliphatic rings. The molecule has 0 saturated carbocycles. The van der Waals surface area contributed by atoms with Crippen LogP contribution in [0.1, 0.15) is 19.8 Å². The first-order valence-electron chi connectivity index (χ1n) is 5.28. The molecule has 7 heteroatoms. The van der Waals surface area contributed by atoms with Gasteiger partial charge in [-0.15, -0.1) is 0 Å². The van der Waals surface area contributed by atoms with E-state index in [1.54, 1.807) is 0 Å². The molecule has 0 bridgehead atoms. The Bertz CT molecular complexity index is 345. The minimum atomic E-state index is -3.30. The average molecular weight is 249 g/mol. The molecule has 0 atom stereocenters. The van der Waals surface area contributed by atoms with E-state index >= 15 is 0 Å². The summed E-state index contributed by atoms with van der Waals surface area (Å²) < 4.78 is 26.2. The molecule has 0 aromatic carbocycles. The van der Waals surface area contributed by atoms with Crippen LogP contribution in [0.4, 0.5) is 0 Å². The molecule has 0 spiro atoms. The summed E-state index contributed by atoms with van der Waals surface area (Å²) in [5.41, 5.74) is 0. The molecular weight excluding hydrogens is 230 g/mol. The molecule has 1 rings (SSSR count). The van der Waals surface area contributed by atoms with E-state index in [0.717, 1.165) is 0 Å². The number of nitrogens with zero attached hydrogens (tertiary/aromatic N) is 2. The Morgan fingerprint density at radius 3 is 2.19 bits per heavy atom. The Kier molecular flexibility index (Phi) is 4.28. The molecule has 0 aromatic rings. The molecule has 1 heterocycles. The third kappa shape index (κ3) is 3.16. The number of nitrogens with one attached hydrogen (secondary N) is 1. The number of carbonyl (C=O) groups is 1. The normalized spacial score (nSPS) is 20.0. The fraction of sp³-hybridized carbons (Fsp3) is 0.889. The number of hydrogen-bond acceptors (Lipinski definition) is 3. The zero-order valence-electron chi connectivity index (χ0n) is 9.93. The zero-order chi connectivity index (χ0) is 12.3. The van der Waals surface area contributed by atoms with Crippen LogP contribution in [-0.4, -0.2) is 56.2 Å². The van der Waals surface area contributed by atoms with Crippen LogP contribution in [0.3, 0.4) is 0 Å². The maximum absolute atomic E-state index is 11.8. The predicted octanol–water partition coefficient (Wildman–Crippen LogP) is -0.607. The van der Waals surface area contributed by atoms with E-state index in [-0.39, 0.29) is 11.9 Å². The summed E-state index contributed by atoms with van der Waals surface area (Å²) in [4.78, 5) is 10.8. The van der Waals surface area contributed by atoms with E-state index < -0.39 is 10.2 Å². The van der Waals surface area contributed by atoms with Crippen LogP contribution in [0.15, 0.2) is 0 Å². The SMILES string of the molecule is CC(=O)NC1CCN(S(=O)(=O)N(C)C)CC1. The van der Waals surface area contributed by atoms with Crippen LogP contribution in [0.5, 0.6) is 0 Å². The molecule has 94 valence electrons. The number of carbonyl (C=O) groups excluding carboxylic acids is 1. The fourth-order valence-corrected chi connectivity index (χ4v) is 2.88. The van der Waals surface area contributed by atoms with Gasteiger partial charge >= 0.3 is 0 Å². The van der Waals surface area contributed by atoms with Crippen LogP contribution in [0.2, 0.25) is 0 Å². The van der Waals surface area contributed by atoms with Gasteiger partial charge in [-0.3, -0.25) is 4.79 Å². The zero-order valence-corrected chi connectivity index (χ0v) is 10.7. The van der Waals surface area contributed by atoms with Crippen molar-refractivity contribution in [3.05, 3.63) is 0 Å². The van der Waals surface area contributed by atoms with Crippen LogP contribution >= 0.6 is 0 Å². The Balaban J connectivity index is 2.52. The summed E-state index contributed by atoms with van der Waals surface area (Å²) in [5.74, 6) is -0.0612. The van der Waals surface area contributed by atoms with Crippen molar-refractivity contribution in [3.63, 3.8) is 0 Å². The topological polar surface area (TPSA) is 69.7 Å². The number of amides is 1. The lowest BCUT2D eigenvalue weighted by atomic mass is 10.1. The highest BCUT2D eigenvalue weighted by atomic mass is 32.2. The molecule has 16 heavy (non-hydrogen) atoms. The van der Waals surface area contributed by atoms with Gasteiger partial charge in [0.15, 0.2) is 0 Å². The maximum atomic E-state index is 11.8. The van der Waals surface area contributed by atoms with E-state index in [4.69, 9.17) is 0 Å². The lowest BCUT2D eigenvalue weighted by Gasteiger charge is -2.32. The van der Waals surface area contributed by atoms with Crippen molar-refractivity contribution < 1.29 is 13.2 Å². The summed E-state index contributed by atoms with van der Waals surface area (Å²) in [5, 5.41) is 2.81. The molecule has 1 saturated heterocycles. The van der Waals surface area contributed by atoms with Gasteiger partial charge in [-0.25, -0.2) is 0 Å². The lowest BCUT2D eigenvalue weighted by molar-refractivity contribution is -0.119. The average Bonchev–Trinajstić information content (AvgIpc) is 2.17. The first kappa shape index (κ1) is 13.4. The largest absolute Gasteiger partial charge is 0.354 e. The smallest absolute Gasteiger partial charge is 0.281 e. The fourth-order valence-electron chi connectivity index (χ4n) is 1.75. The van der Waals surface area contributed by atoms with Gasteiger partial charge in [-0.05, 0) is 12.8 Å². The van der Waals surface area contributed by atoms with Crippen molar-refractivity contribution in [3.8, 4) is 0 Å². The Morgan fingerprint density at radius 1 is 1.31 bits per heavy atom. The van der Waals surface area contributed by atoms with Crippen LogP contribution in [0, 0.1) is 0 Å². The van der Waals surface area contributed by atoms with E-state index in [1.165, 1.54) is 29.6 Å². The van der Waals surface area contributed by atoms with Crippen molar-refractivity contribution in [1.29, 1.82) is 0 Å². The molecule has 0 unspecified atom stereocenters.